The summed E-state index contributed by atoms with van der Waals surface area (Å²) >= 11 is 1.46. The zero-order chi connectivity index (χ0) is 12.4. The van der Waals surface area contributed by atoms with Crippen LogP contribution in [0.3, 0.4) is 0 Å². The van der Waals surface area contributed by atoms with Crippen LogP contribution in [0.2, 0.25) is 0 Å². The third-order valence-electron chi connectivity index (χ3n) is 2.49. The number of carbonyl (C=O) groups is 1. The quantitative estimate of drug-likeness (QED) is 0.910. The molecule has 0 spiro atoms. The van der Waals surface area contributed by atoms with E-state index in [0.29, 0.717) is 5.56 Å². The van der Waals surface area contributed by atoms with Gasteiger partial charge in [0.05, 0.1) is 14.2 Å². The Bertz CT molecular complexity index is 562. The Morgan fingerprint density at radius 2 is 2.06 bits per heavy atom. The van der Waals surface area contributed by atoms with Crippen molar-refractivity contribution in [2.24, 2.45) is 0 Å². The first kappa shape index (κ1) is 11.7. The van der Waals surface area contributed by atoms with E-state index in [9.17, 15) is 4.79 Å². The molecule has 0 aliphatic heterocycles. The van der Waals surface area contributed by atoms with Crippen LogP contribution in [0.4, 0.5) is 0 Å². The van der Waals surface area contributed by atoms with Crippen LogP contribution in [0.15, 0.2) is 18.2 Å². The third-order valence-corrected chi connectivity index (χ3v) is 3.59. The summed E-state index contributed by atoms with van der Waals surface area (Å²) in [5, 5.41) is 4.28. The molecule has 0 unspecified atom stereocenters. The van der Waals surface area contributed by atoms with Crippen molar-refractivity contribution in [3.63, 3.8) is 0 Å². The summed E-state index contributed by atoms with van der Waals surface area (Å²) in [6.45, 7) is 0. The van der Waals surface area contributed by atoms with E-state index in [-0.39, 0.29) is 5.91 Å². The van der Waals surface area contributed by atoms with Crippen LogP contribution in [-0.4, -0.2) is 27.2 Å². The lowest BCUT2D eigenvalue weighted by atomic mass is 10.1. The van der Waals surface area contributed by atoms with Crippen LogP contribution in [0.25, 0.3) is 10.1 Å². The van der Waals surface area contributed by atoms with Gasteiger partial charge in [-0.05, 0) is 18.2 Å². The van der Waals surface area contributed by atoms with Crippen LogP contribution < -0.4 is 14.8 Å². The van der Waals surface area contributed by atoms with Crippen molar-refractivity contribution in [3.05, 3.63) is 23.8 Å². The minimum Gasteiger partial charge on any atom is -0.491 e. The Kier molecular flexibility index (Phi) is 3.19. The van der Waals surface area contributed by atoms with Gasteiger partial charge in [-0.2, -0.15) is 0 Å². The second-order valence-corrected chi connectivity index (χ2v) is 4.43. The van der Waals surface area contributed by atoms with E-state index in [1.807, 2.05) is 12.1 Å². The van der Waals surface area contributed by atoms with Crippen LogP contribution >= 0.6 is 11.3 Å². The van der Waals surface area contributed by atoms with Gasteiger partial charge in [0.25, 0.3) is 5.91 Å². The molecule has 2 rings (SSSR count). The zero-order valence-electron chi connectivity index (χ0n) is 9.87. The molecule has 0 radical (unpaired) electrons. The fourth-order valence-corrected chi connectivity index (χ4v) is 2.69. The van der Waals surface area contributed by atoms with Gasteiger partial charge >= 0.3 is 0 Å². The van der Waals surface area contributed by atoms with E-state index in [1.165, 1.54) is 11.3 Å². The second kappa shape index (κ2) is 4.63. The van der Waals surface area contributed by atoms with Crippen molar-refractivity contribution in [2.75, 3.05) is 21.3 Å². The minimum atomic E-state index is -0.0989. The summed E-state index contributed by atoms with van der Waals surface area (Å²) in [4.78, 5) is 11.5. The third kappa shape index (κ3) is 1.93. The summed E-state index contributed by atoms with van der Waals surface area (Å²) in [5.74, 6) is 0.620. The largest absolute Gasteiger partial charge is 0.491 e. The summed E-state index contributed by atoms with van der Waals surface area (Å²) in [6.07, 6.45) is 0. The highest BCUT2D eigenvalue weighted by atomic mass is 32.1. The number of nitrogens with one attached hydrogen (secondary N) is 1. The topological polar surface area (TPSA) is 47.6 Å². The van der Waals surface area contributed by atoms with Gasteiger partial charge in [0.1, 0.15) is 0 Å². The molecule has 1 aromatic heterocycles. The number of hydrogen-bond acceptors (Lipinski definition) is 4. The van der Waals surface area contributed by atoms with E-state index >= 15 is 0 Å². The predicted molar refractivity (Wildman–Crippen MR) is 68.3 cm³/mol. The Labute approximate surface area is 103 Å². The first-order valence-corrected chi connectivity index (χ1v) is 5.89. The molecule has 0 bridgehead atoms. The molecular formula is C12H13NO3S. The first-order valence-electron chi connectivity index (χ1n) is 5.08. The molecule has 1 N–H and O–H groups in total. The molecule has 4 nitrogen and oxygen atoms in total. The maximum absolute atomic E-state index is 11.5. The van der Waals surface area contributed by atoms with Crippen LogP contribution in [0, 0.1) is 0 Å². The van der Waals surface area contributed by atoms with Crippen LogP contribution in [0.1, 0.15) is 10.4 Å². The first-order chi connectivity index (χ1) is 8.21. The molecule has 90 valence electrons. The van der Waals surface area contributed by atoms with Gasteiger partial charge in [0.2, 0.25) is 5.06 Å². The van der Waals surface area contributed by atoms with Gasteiger partial charge in [0, 0.05) is 22.7 Å². The molecule has 1 heterocycles. The number of benzene rings is 1. The van der Waals surface area contributed by atoms with E-state index in [0.717, 1.165) is 20.9 Å². The fourth-order valence-electron chi connectivity index (χ4n) is 1.66. The number of methoxy groups -OCH3 is 2. The van der Waals surface area contributed by atoms with Crippen LogP contribution in [-0.2, 0) is 0 Å². The molecule has 0 saturated carbocycles. The van der Waals surface area contributed by atoms with Crippen molar-refractivity contribution in [2.45, 2.75) is 0 Å². The zero-order valence-corrected chi connectivity index (χ0v) is 10.7. The molecule has 1 aromatic carbocycles. The van der Waals surface area contributed by atoms with Crippen molar-refractivity contribution >= 4 is 27.3 Å². The monoisotopic (exact) mass is 251 g/mol. The van der Waals surface area contributed by atoms with E-state index in [2.05, 4.69) is 5.32 Å². The Morgan fingerprint density at radius 3 is 2.65 bits per heavy atom. The molecule has 2 aromatic rings. The fraction of sp³-hybridized carbons (Fsp3) is 0.250. The SMILES string of the molecule is CNC(=O)c1ccc2c(OC)c(OC)sc2c1. The number of carbonyl (C=O) groups excluding carboxylic acids is 1. The lowest BCUT2D eigenvalue weighted by Crippen LogP contribution is -2.17. The summed E-state index contributed by atoms with van der Waals surface area (Å²) < 4.78 is 11.5. The van der Waals surface area contributed by atoms with Gasteiger partial charge in [-0.25, -0.2) is 0 Å². The normalized spacial score (nSPS) is 10.3. The molecule has 1 amide bonds. The highest BCUT2D eigenvalue weighted by molar-refractivity contribution is 7.21. The molecule has 5 heteroatoms. The highest BCUT2D eigenvalue weighted by Crippen LogP contribution is 2.43. The number of fused-ring (bicyclic) bond motifs is 1. The summed E-state index contributed by atoms with van der Waals surface area (Å²) in [5.41, 5.74) is 0.631. The average molecular weight is 251 g/mol. The molecule has 17 heavy (non-hydrogen) atoms. The van der Waals surface area contributed by atoms with Gasteiger partial charge in [0.15, 0.2) is 5.75 Å². The smallest absolute Gasteiger partial charge is 0.251 e. The van der Waals surface area contributed by atoms with Gasteiger partial charge in [-0.1, -0.05) is 11.3 Å². The van der Waals surface area contributed by atoms with E-state index in [4.69, 9.17) is 9.47 Å². The Balaban J connectivity index is 2.59. The summed E-state index contributed by atoms with van der Waals surface area (Å²) in [6, 6.07) is 5.48. The van der Waals surface area contributed by atoms with E-state index < -0.39 is 0 Å². The Hall–Kier alpha value is -1.75. The van der Waals surface area contributed by atoms with Crippen molar-refractivity contribution < 1.29 is 14.3 Å². The van der Waals surface area contributed by atoms with E-state index in [1.54, 1.807) is 27.3 Å². The van der Waals surface area contributed by atoms with Gasteiger partial charge in [-0.15, -0.1) is 0 Å². The maximum Gasteiger partial charge on any atom is 0.251 e. The van der Waals surface area contributed by atoms with Crippen molar-refractivity contribution in [3.8, 4) is 10.8 Å². The van der Waals surface area contributed by atoms with Gasteiger partial charge < -0.3 is 14.8 Å². The number of amides is 1. The van der Waals surface area contributed by atoms with Crippen molar-refractivity contribution in [1.82, 2.24) is 5.32 Å². The lowest BCUT2D eigenvalue weighted by Gasteiger charge is -2.01. The molecule has 0 saturated heterocycles. The number of hydrogen-bond donors (Lipinski definition) is 1. The maximum atomic E-state index is 11.5. The Morgan fingerprint density at radius 1 is 1.29 bits per heavy atom. The van der Waals surface area contributed by atoms with Crippen molar-refractivity contribution in [1.29, 1.82) is 0 Å². The predicted octanol–water partition coefficient (Wildman–Crippen LogP) is 2.28. The lowest BCUT2D eigenvalue weighted by molar-refractivity contribution is 0.0963. The van der Waals surface area contributed by atoms with Gasteiger partial charge in [-0.3, -0.25) is 4.79 Å². The number of ether oxygens (including phenoxy) is 2. The molecular weight excluding hydrogens is 238 g/mol. The second-order valence-electron chi connectivity index (χ2n) is 3.42. The average Bonchev–Trinajstić information content (AvgIpc) is 2.74. The minimum absolute atomic E-state index is 0.0989. The number of rotatable bonds is 3. The molecule has 0 aliphatic carbocycles. The standard InChI is InChI=1S/C12H13NO3S/c1-13-11(14)7-4-5-8-9(6-7)17-12(16-3)10(8)15-2/h4-6H,1-3H3,(H,13,14). The molecule has 0 fully saturated rings. The highest BCUT2D eigenvalue weighted by Gasteiger charge is 2.14. The number of thiophene rings is 1. The van der Waals surface area contributed by atoms with Crippen LogP contribution in [0.5, 0.6) is 10.8 Å². The summed E-state index contributed by atoms with van der Waals surface area (Å²) in [7, 11) is 4.83. The molecule has 0 atom stereocenters. The molecule has 0 aliphatic rings.